The van der Waals surface area contributed by atoms with Crippen molar-refractivity contribution in [2.45, 2.75) is 27.7 Å². The minimum Gasteiger partial charge on any atom is -0.324 e. The van der Waals surface area contributed by atoms with Crippen LogP contribution in [0.1, 0.15) is 27.7 Å². The van der Waals surface area contributed by atoms with E-state index in [9.17, 15) is 4.79 Å². The second kappa shape index (κ2) is 10.3. The SMILES string of the molecule is C\C=C/C=C(C)\C(NC(=O)CN(C)CC)=C(/C)SC#N. The van der Waals surface area contributed by atoms with Crippen LogP contribution in [0, 0.1) is 10.7 Å². The lowest BCUT2D eigenvalue weighted by molar-refractivity contribution is -0.121. The zero-order valence-electron chi connectivity index (χ0n) is 12.9. The Labute approximate surface area is 126 Å². The van der Waals surface area contributed by atoms with Gasteiger partial charge in [-0.15, -0.1) is 0 Å². The lowest BCUT2D eigenvalue weighted by Gasteiger charge is -2.16. The Morgan fingerprint density at radius 3 is 2.60 bits per heavy atom. The van der Waals surface area contributed by atoms with E-state index < -0.39 is 0 Å². The number of thiocyanates is 1. The first-order valence-electron chi connectivity index (χ1n) is 6.51. The molecule has 5 heteroatoms. The molecule has 110 valence electrons. The maximum Gasteiger partial charge on any atom is 0.238 e. The molecule has 0 spiro atoms. The van der Waals surface area contributed by atoms with E-state index in [0.29, 0.717) is 12.2 Å². The topological polar surface area (TPSA) is 56.1 Å². The molecule has 4 nitrogen and oxygen atoms in total. The van der Waals surface area contributed by atoms with Crippen LogP contribution in [0.2, 0.25) is 0 Å². The Morgan fingerprint density at radius 2 is 2.10 bits per heavy atom. The minimum atomic E-state index is -0.0736. The lowest BCUT2D eigenvalue weighted by Crippen LogP contribution is -2.35. The first kappa shape index (κ1) is 18.5. The van der Waals surface area contributed by atoms with Crippen molar-refractivity contribution in [3.05, 3.63) is 34.4 Å². The number of amides is 1. The van der Waals surface area contributed by atoms with Crippen molar-refractivity contribution in [3.8, 4) is 5.40 Å². The number of carbonyl (C=O) groups excluding carboxylic acids is 1. The van der Waals surface area contributed by atoms with Crippen molar-refractivity contribution in [1.82, 2.24) is 10.2 Å². The van der Waals surface area contributed by atoms with Gasteiger partial charge in [-0.25, -0.2) is 0 Å². The smallest absolute Gasteiger partial charge is 0.238 e. The van der Waals surface area contributed by atoms with E-state index in [1.165, 1.54) is 0 Å². The number of nitrogens with zero attached hydrogens (tertiary/aromatic N) is 2. The van der Waals surface area contributed by atoms with E-state index in [4.69, 9.17) is 5.26 Å². The molecule has 0 aromatic carbocycles. The summed E-state index contributed by atoms with van der Waals surface area (Å²) in [5.41, 5.74) is 1.64. The third-order valence-corrected chi connectivity index (χ3v) is 3.30. The minimum absolute atomic E-state index is 0.0736. The van der Waals surface area contributed by atoms with Crippen molar-refractivity contribution in [3.63, 3.8) is 0 Å². The number of thioether (sulfide) groups is 1. The fourth-order valence-corrected chi connectivity index (χ4v) is 1.89. The summed E-state index contributed by atoms with van der Waals surface area (Å²) in [7, 11) is 1.89. The predicted molar refractivity (Wildman–Crippen MR) is 85.8 cm³/mol. The normalized spacial score (nSPS) is 13.3. The van der Waals surface area contributed by atoms with E-state index in [2.05, 4.69) is 5.32 Å². The van der Waals surface area contributed by atoms with Crippen molar-refractivity contribution < 1.29 is 4.79 Å². The molecule has 0 aromatic rings. The molecule has 0 fully saturated rings. The molecule has 0 aliphatic heterocycles. The molecule has 0 saturated carbocycles. The third-order valence-electron chi connectivity index (χ3n) is 2.70. The van der Waals surface area contributed by atoms with Crippen LogP contribution in [-0.4, -0.2) is 30.9 Å². The van der Waals surface area contributed by atoms with E-state index >= 15 is 0 Å². The molecule has 20 heavy (non-hydrogen) atoms. The highest BCUT2D eigenvalue weighted by molar-refractivity contribution is 8.07. The number of hydrogen-bond acceptors (Lipinski definition) is 4. The zero-order valence-corrected chi connectivity index (χ0v) is 13.7. The molecule has 0 aromatic heterocycles. The van der Waals surface area contributed by atoms with Gasteiger partial charge in [0.25, 0.3) is 0 Å². The average molecular weight is 293 g/mol. The highest BCUT2D eigenvalue weighted by Gasteiger charge is 2.11. The number of nitriles is 1. The molecule has 0 aliphatic carbocycles. The molecular formula is C15H23N3OS. The van der Waals surface area contributed by atoms with Gasteiger partial charge < -0.3 is 5.32 Å². The van der Waals surface area contributed by atoms with Crippen molar-refractivity contribution in [2.75, 3.05) is 20.1 Å². The first-order valence-corrected chi connectivity index (χ1v) is 7.33. The van der Waals surface area contributed by atoms with Crippen molar-refractivity contribution >= 4 is 17.7 Å². The number of carbonyl (C=O) groups is 1. The van der Waals surface area contributed by atoms with Crippen molar-refractivity contribution in [2.24, 2.45) is 0 Å². The van der Waals surface area contributed by atoms with Crippen molar-refractivity contribution in [1.29, 1.82) is 5.26 Å². The summed E-state index contributed by atoms with van der Waals surface area (Å²) in [4.78, 5) is 14.7. The van der Waals surface area contributed by atoms with E-state index in [-0.39, 0.29) is 5.91 Å². The second-order valence-corrected chi connectivity index (χ2v) is 5.38. The summed E-state index contributed by atoms with van der Waals surface area (Å²) in [6.45, 7) is 8.82. The maximum atomic E-state index is 12.0. The summed E-state index contributed by atoms with van der Waals surface area (Å²) in [6.07, 6.45) is 5.74. The number of rotatable bonds is 7. The summed E-state index contributed by atoms with van der Waals surface area (Å²) >= 11 is 1.06. The van der Waals surface area contributed by atoms with Crippen LogP contribution in [0.15, 0.2) is 34.4 Å². The molecule has 0 rings (SSSR count). The molecule has 1 amide bonds. The summed E-state index contributed by atoms with van der Waals surface area (Å²) in [5, 5.41) is 13.7. The number of likely N-dealkylation sites (N-methyl/N-ethyl adjacent to an activating group) is 1. The largest absolute Gasteiger partial charge is 0.324 e. The Morgan fingerprint density at radius 1 is 1.45 bits per heavy atom. The predicted octanol–water partition coefficient (Wildman–Crippen LogP) is 3.02. The van der Waals surface area contributed by atoms with Crippen LogP contribution < -0.4 is 5.32 Å². The average Bonchev–Trinajstić information content (AvgIpc) is 2.42. The molecule has 0 atom stereocenters. The number of hydrogen-bond donors (Lipinski definition) is 1. The summed E-state index contributed by atoms with van der Waals surface area (Å²) in [6, 6.07) is 0. The Bertz CT molecular complexity index is 458. The standard InChI is InChI=1S/C15H23N3OS/c1-6-8-9-12(3)15(13(4)20-11-16)17-14(19)10-18(5)7-2/h6,8-9H,7,10H2,1-5H3,(H,17,19)/b8-6-,12-9-,15-13-. The fourth-order valence-electron chi connectivity index (χ4n) is 1.44. The lowest BCUT2D eigenvalue weighted by atomic mass is 10.2. The van der Waals surface area contributed by atoms with E-state index in [0.717, 1.165) is 28.8 Å². The molecule has 0 bridgehead atoms. The van der Waals surface area contributed by atoms with Crippen LogP contribution in [0.4, 0.5) is 0 Å². The van der Waals surface area contributed by atoms with Gasteiger partial charge in [0.05, 0.1) is 12.2 Å². The van der Waals surface area contributed by atoms with Crippen LogP contribution in [-0.2, 0) is 4.79 Å². The molecular weight excluding hydrogens is 270 g/mol. The maximum absolute atomic E-state index is 12.0. The van der Waals surface area contributed by atoms with Gasteiger partial charge in [-0.3, -0.25) is 9.69 Å². The van der Waals surface area contributed by atoms with Crippen LogP contribution in [0.5, 0.6) is 0 Å². The molecule has 0 aliphatic rings. The summed E-state index contributed by atoms with van der Waals surface area (Å²) in [5.74, 6) is -0.0736. The molecule has 0 unspecified atom stereocenters. The second-order valence-electron chi connectivity index (χ2n) is 4.38. The van der Waals surface area contributed by atoms with Gasteiger partial charge in [0.15, 0.2) is 0 Å². The number of nitrogens with one attached hydrogen (secondary N) is 1. The molecule has 0 heterocycles. The first-order chi connectivity index (χ1) is 9.46. The quantitative estimate of drug-likeness (QED) is 0.579. The number of allylic oxidation sites excluding steroid dienone is 5. The Balaban J connectivity index is 5.12. The van der Waals surface area contributed by atoms with Gasteiger partial charge in [0, 0.05) is 4.91 Å². The van der Waals surface area contributed by atoms with Gasteiger partial charge >= 0.3 is 0 Å². The monoisotopic (exact) mass is 293 g/mol. The van der Waals surface area contributed by atoms with Gasteiger partial charge in [-0.05, 0) is 51.7 Å². The van der Waals surface area contributed by atoms with Gasteiger partial charge in [-0.1, -0.05) is 25.2 Å². The highest BCUT2D eigenvalue weighted by atomic mass is 32.2. The van der Waals surface area contributed by atoms with Gasteiger partial charge in [0.2, 0.25) is 5.91 Å². The fraction of sp³-hybridized carbons (Fsp3) is 0.467. The van der Waals surface area contributed by atoms with Crippen LogP contribution >= 0.6 is 11.8 Å². The third kappa shape index (κ3) is 7.17. The Kier molecular flexibility index (Phi) is 9.52. The zero-order chi connectivity index (χ0) is 15.5. The summed E-state index contributed by atoms with van der Waals surface area (Å²) < 4.78 is 0. The van der Waals surface area contributed by atoms with E-state index in [1.54, 1.807) is 0 Å². The van der Waals surface area contributed by atoms with Gasteiger partial charge in [0.1, 0.15) is 5.40 Å². The Hall–Kier alpha value is -1.51. The highest BCUT2D eigenvalue weighted by Crippen LogP contribution is 2.21. The molecule has 0 radical (unpaired) electrons. The molecule has 0 saturated heterocycles. The van der Waals surface area contributed by atoms with Crippen LogP contribution in [0.3, 0.4) is 0 Å². The van der Waals surface area contributed by atoms with Crippen LogP contribution in [0.25, 0.3) is 0 Å². The van der Waals surface area contributed by atoms with E-state index in [1.807, 2.05) is 63.3 Å². The van der Waals surface area contributed by atoms with Gasteiger partial charge in [-0.2, -0.15) is 5.26 Å². The molecule has 1 N–H and O–H groups in total.